The van der Waals surface area contributed by atoms with Crippen LogP contribution in [0.1, 0.15) is 36.8 Å². The first-order valence-corrected chi connectivity index (χ1v) is 7.81. The van der Waals surface area contributed by atoms with Gasteiger partial charge in [-0.15, -0.1) is 0 Å². The lowest BCUT2D eigenvalue weighted by Gasteiger charge is -2.35. The molecule has 0 bridgehead atoms. The van der Waals surface area contributed by atoms with E-state index in [1.807, 2.05) is 0 Å². The van der Waals surface area contributed by atoms with Gasteiger partial charge in [0.1, 0.15) is 0 Å². The zero-order chi connectivity index (χ0) is 16.7. The minimum Gasteiger partial charge on any atom is -0.371 e. The molecular weight excluding hydrogens is 315 g/mol. The van der Waals surface area contributed by atoms with Crippen LogP contribution in [0.5, 0.6) is 0 Å². The predicted octanol–water partition coefficient (Wildman–Crippen LogP) is 4.19. The summed E-state index contributed by atoms with van der Waals surface area (Å²) >= 11 is 0. The van der Waals surface area contributed by atoms with Gasteiger partial charge in [-0.05, 0) is 36.6 Å². The molecule has 0 spiro atoms. The number of hydrogen-bond acceptors (Lipinski definition) is 2. The first-order valence-electron chi connectivity index (χ1n) is 7.81. The normalized spacial score (nSPS) is 21.5. The van der Waals surface area contributed by atoms with Gasteiger partial charge in [0.2, 0.25) is 0 Å². The van der Waals surface area contributed by atoms with E-state index in [1.165, 1.54) is 6.07 Å². The van der Waals surface area contributed by atoms with E-state index >= 15 is 0 Å². The standard InChI is InChI=1S/C16H19F5N2/c17-15(18)5-7-23(8-6-15)14-4-1-12(16(19,20)21)9-11(14)10-22-13-2-3-13/h1,4,9,13,22H,2-3,5-8,10H2. The third-order valence-corrected chi connectivity index (χ3v) is 4.40. The van der Waals surface area contributed by atoms with Crippen LogP contribution < -0.4 is 10.2 Å². The van der Waals surface area contributed by atoms with Crippen molar-refractivity contribution in [1.29, 1.82) is 0 Å². The first-order chi connectivity index (χ1) is 10.7. The van der Waals surface area contributed by atoms with Crippen molar-refractivity contribution in [2.45, 2.75) is 50.4 Å². The summed E-state index contributed by atoms with van der Waals surface area (Å²) in [6.45, 7) is 0.653. The minimum atomic E-state index is -4.40. The van der Waals surface area contributed by atoms with E-state index in [9.17, 15) is 22.0 Å². The Balaban J connectivity index is 1.82. The van der Waals surface area contributed by atoms with Crippen LogP contribution in [-0.2, 0) is 12.7 Å². The van der Waals surface area contributed by atoms with Crippen molar-refractivity contribution in [3.63, 3.8) is 0 Å². The van der Waals surface area contributed by atoms with E-state index in [0.29, 0.717) is 23.8 Å². The summed E-state index contributed by atoms with van der Waals surface area (Å²) in [6, 6.07) is 3.94. The van der Waals surface area contributed by atoms with E-state index in [0.717, 1.165) is 25.0 Å². The Morgan fingerprint density at radius 1 is 1.13 bits per heavy atom. The second-order valence-corrected chi connectivity index (χ2v) is 6.34. The Morgan fingerprint density at radius 2 is 1.78 bits per heavy atom. The highest BCUT2D eigenvalue weighted by atomic mass is 19.4. The molecule has 1 saturated heterocycles. The van der Waals surface area contributed by atoms with Gasteiger partial charge in [0.05, 0.1) is 5.56 Å². The van der Waals surface area contributed by atoms with Crippen molar-refractivity contribution in [2.24, 2.45) is 0 Å². The highest BCUT2D eigenvalue weighted by Gasteiger charge is 2.36. The lowest BCUT2D eigenvalue weighted by molar-refractivity contribution is -0.137. The quantitative estimate of drug-likeness (QED) is 0.831. The number of rotatable bonds is 4. The van der Waals surface area contributed by atoms with Gasteiger partial charge in [-0.2, -0.15) is 13.2 Å². The molecule has 7 heteroatoms. The largest absolute Gasteiger partial charge is 0.416 e. The van der Waals surface area contributed by atoms with Gasteiger partial charge >= 0.3 is 6.18 Å². The molecule has 23 heavy (non-hydrogen) atoms. The average Bonchev–Trinajstić information content (AvgIpc) is 3.28. The maximum absolute atomic E-state index is 13.3. The lowest BCUT2D eigenvalue weighted by Crippen LogP contribution is -2.40. The Kier molecular flexibility index (Phi) is 4.25. The fourth-order valence-electron chi connectivity index (χ4n) is 2.83. The first kappa shape index (κ1) is 16.5. The van der Waals surface area contributed by atoms with Gasteiger partial charge in [0, 0.05) is 44.2 Å². The van der Waals surface area contributed by atoms with Crippen LogP contribution in [0.3, 0.4) is 0 Å². The highest BCUT2D eigenvalue weighted by molar-refractivity contribution is 5.56. The molecule has 1 saturated carbocycles. The van der Waals surface area contributed by atoms with Crippen LogP contribution in [0, 0.1) is 0 Å². The van der Waals surface area contributed by atoms with Crippen LogP contribution in [-0.4, -0.2) is 25.1 Å². The van der Waals surface area contributed by atoms with Gasteiger partial charge in [0.15, 0.2) is 0 Å². The number of piperidine rings is 1. The number of benzene rings is 1. The fraction of sp³-hybridized carbons (Fsp3) is 0.625. The number of alkyl halides is 5. The predicted molar refractivity (Wildman–Crippen MR) is 77.7 cm³/mol. The molecule has 0 radical (unpaired) electrons. The zero-order valence-electron chi connectivity index (χ0n) is 12.6. The SMILES string of the molecule is FC1(F)CCN(c2ccc(C(F)(F)F)cc2CNC2CC2)CC1. The van der Waals surface area contributed by atoms with Crippen LogP contribution in [0.25, 0.3) is 0 Å². The van der Waals surface area contributed by atoms with E-state index in [1.54, 1.807) is 4.90 Å². The van der Waals surface area contributed by atoms with E-state index < -0.39 is 17.7 Å². The maximum atomic E-state index is 13.3. The molecule has 0 aromatic heterocycles. The summed E-state index contributed by atoms with van der Waals surface area (Å²) in [5.74, 6) is -2.67. The molecule has 128 valence electrons. The Morgan fingerprint density at radius 3 is 2.35 bits per heavy atom. The minimum absolute atomic E-state index is 0.162. The summed E-state index contributed by atoms with van der Waals surface area (Å²) in [5, 5.41) is 3.21. The van der Waals surface area contributed by atoms with Crippen molar-refractivity contribution in [3.05, 3.63) is 29.3 Å². The van der Waals surface area contributed by atoms with Crippen LogP contribution in [0.15, 0.2) is 18.2 Å². The second-order valence-electron chi connectivity index (χ2n) is 6.34. The maximum Gasteiger partial charge on any atom is 0.416 e. The third kappa shape index (κ3) is 4.13. The summed E-state index contributed by atoms with van der Waals surface area (Å²) in [7, 11) is 0. The molecule has 2 aliphatic rings. The molecule has 1 heterocycles. The number of nitrogens with one attached hydrogen (secondary N) is 1. The Bertz CT molecular complexity index is 556. The summed E-state index contributed by atoms with van der Waals surface area (Å²) in [5.41, 5.74) is 0.453. The Labute approximate surface area is 131 Å². The lowest BCUT2D eigenvalue weighted by atomic mass is 10.0. The average molecular weight is 334 g/mol. The molecule has 0 atom stereocenters. The molecule has 1 aromatic rings. The third-order valence-electron chi connectivity index (χ3n) is 4.40. The van der Waals surface area contributed by atoms with Crippen LogP contribution >= 0.6 is 0 Å². The number of anilines is 1. The zero-order valence-corrected chi connectivity index (χ0v) is 12.6. The van der Waals surface area contributed by atoms with Gasteiger partial charge in [-0.3, -0.25) is 0 Å². The van der Waals surface area contributed by atoms with Crippen molar-refractivity contribution in [3.8, 4) is 0 Å². The molecular formula is C16H19F5N2. The number of nitrogens with zero attached hydrogens (tertiary/aromatic N) is 1. The van der Waals surface area contributed by atoms with E-state index in [2.05, 4.69) is 5.32 Å². The second kappa shape index (κ2) is 5.92. The van der Waals surface area contributed by atoms with E-state index in [-0.39, 0.29) is 25.9 Å². The molecule has 2 nitrogen and oxygen atoms in total. The number of hydrogen-bond donors (Lipinski definition) is 1. The molecule has 1 aliphatic heterocycles. The fourth-order valence-corrected chi connectivity index (χ4v) is 2.83. The van der Waals surface area contributed by atoms with Gasteiger partial charge in [-0.25, -0.2) is 8.78 Å². The van der Waals surface area contributed by atoms with Crippen molar-refractivity contribution >= 4 is 5.69 Å². The number of halogens is 5. The Hall–Kier alpha value is -1.37. The summed E-state index contributed by atoms with van der Waals surface area (Å²) in [4.78, 5) is 1.77. The topological polar surface area (TPSA) is 15.3 Å². The van der Waals surface area contributed by atoms with Crippen molar-refractivity contribution < 1.29 is 22.0 Å². The molecule has 2 fully saturated rings. The summed E-state index contributed by atoms with van der Waals surface area (Å²) in [6.07, 6.45) is -2.86. The molecule has 1 aromatic carbocycles. The van der Waals surface area contributed by atoms with Crippen molar-refractivity contribution in [2.75, 3.05) is 18.0 Å². The van der Waals surface area contributed by atoms with Gasteiger partial charge in [0.25, 0.3) is 5.92 Å². The molecule has 1 aliphatic carbocycles. The van der Waals surface area contributed by atoms with Gasteiger partial charge in [-0.1, -0.05) is 0 Å². The molecule has 1 N–H and O–H groups in total. The van der Waals surface area contributed by atoms with Crippen LogP contribution in [0.2, 0.25) is 0 Å². The van der Waals surface area contributed by atoms with E-state index in [4.69, 9.17) is 0 Å². The molecule has 0 amide bonds. The smallest absolute Gasteiger partial charge is 0.371 e. The van der Waals surface area contributed by atoms with Gasteiger partial charge < -0.3 is 10.2 Å². The summed E-state index contributed by atoms with van der Waals surface area (Å²) < 4.78 is 65.3. The monoisotopic (exact) mass is 334 g/mol. The molecule has 0 unspecified atom stereocenters. The van der Waals surface area contributed by atoms with Crippen LogP contribution in [0.4, 0.5) is 27.6 Å². The van der Waals surface area contributed by atoms with Crippen molar-refractivity contribution in [1.82, 2.24) is 5.32 Å². The molecule has 3 rings (SSSR count). The highest BCUT2D eigenvalue weighted by Crippen LogP contribution is 2.36.